The molecule has 2 aliphatic carbocycles. The molecule has 28 heavy (non-hydrogen) atoms. The second-order valence-corrected chi connectivity index (χ2v) is 9.24. The highest BCUT2D eigenvalue weighted by atomic mass is 16.2. The minimum Gasteiger partial charge on any atom is -0.351 e. The van der Waals surface area contributed by atoms with Crippen molar-refractivity contribution < 1.29 is 9.59 Å². The third-order valence-corrected chi connectivity index (χ3v) is 7.15. The van der Waals surface area contributed by atoms with Crippen LogP contribution in [-0.4, -0.2) is 34.3 Å². The fourth-order valence-corrected chi connectivity index (χ4v) is 5.56. The number of nitrogens with zero attached hydrogens (tertiary/aromatic N) is 1. The fraction of sp³-hybridized carbons (Fsp3) is 0.667. The highest BCUT2D eigenvalue weighted by molar-refractivity contribution is 6.02. The van der Waals surface area contributed by atoms with E-state index in [0.29, 0.717) is 6.42 Å². The van der Waals surface area contributed by atoms with E-state index < -0.39 is 5.54 Å². The van der Waals surface area contributed by atoms with Crippen LogP contribution in [0.2, 0.25) is 0 Å². The molecular weight excluding hydrogens is 348 g/mol. The van der Waals surface area contributed by atoms with Crippen molar-refractivity contribution in [3.63, 3.8) is 0 Å². The smallest absolute Gasteiger partial charge is 0.255 e. The van der Waals surface area contributed by atoms with Crippen molar-refractivity contribution in [2.45, 2.75) is 102 Å². The van der Waals surface area contributed by atoms with Gasteiger partial charge in [0.1, 0.15) is 5.54 Å². The van der Waals surface area contributed by atoms with Gasteiger partial charge in [-0.1, -0.05) is 63.1 Å². The first-order chi connectivity index (χ1) is 13.6. The quantitative estimate of drug-likeness (QED) is 0.776. The average Bonchev–Trinajstić information content (AvgIpc) is 2.98. The van der Waals surface area contributed by atoms with Gasteiger partial charge in [-0.15, -0.1) is 0 Å². The molecular formula is C24H34N2O2. The third kappa shape index (κ3) is 3.70. The summed E-state index contributed by atoms with van der Waals surface area (Å²) in [7, 11) is 0. The summed E-state index contributed by atoms with van der Waals surface area (Å²) in [6.45, 7) is 2.00. The molecule has 4 heteroatoms. The fourth-order valence-electron chi connectivity index (χ4n) is 5.56. The molecule has 1 N–H and O–H groups in total. The maximum Gasteiger partial charge on any atom is 0.255 e. The van der Waals surface area contributed by atoms with Crippen LogP contribution in [0.3, 0.4) is 0 Å². The van der Waals surface area contributed by atoms with Crippen molar-refractivity contribution in [2.24, 2.45) is 0 Å². The van der Waals surface area contributed by atoms with Crippen LogP contribution in [0.1, 0.15) is 93.5 Å². The van der Waals surface area contributed by atoms with Crippen molar-refractivity contribution in [2.75, 3.05) is 0 Å². The first kappa shape index (κ1) is 19.5. The predicted octanol–water partition coefficient (Wildman–Crippen LogP) is 4.62. The zero-order valence-electron chi connectivity index (χ0n) is 17.2. The summed E-state index contributed by atoms with van der Waals surface area (Å²) in [5.41, 5.74) is 1.01. The summed E-state index contributed by atoms with van der Waals surface area (Å²) in [5, 5.41) is 3.33. The topological polar surface area (TPSA) is 49.4 Å². The maximum atomic E-state index is 13.6. The van der Waals surface area contributed by atoms with E-state index in [1.165, 1.54) is 32.1 Å². The first-order valence-electron chi connectivity index (χ1n) is 11.3. The van der Waals surface area contributed by atoms with Crippen LogP contribution in [-0.2, 0) is 11.2 Å². The zero-order chi connectivity index (χ0) is 19.6. The molecule has 2 saturated carbocycles. The van der Waals surface area contributed by atoms with Crippen molar-refractivity contribution in [3.8, 4) is 0 Å². The highest BCUT2D eigenvalue weighted by Crippen LogP contribution is 2.37. The van der Waals surface area contributed by atoms with Crippen LogP contribution in [0, 0.1) is 0 Å². The van der Waals surface area contributed by atoms with Gasteiger partial charge in [-0.3, -0.25) is 9.59 Å². The molecule has 4 nitrogen and oxygen atoms in total. The summed E-state index contributed by atoms with van der Waals surface area (Å²) < 4.78 is 0. The molecule has 1 aromatic rings. The van der Waals surface area contributed by atoms with Crippen molar-refractivity contribution in [1.82, 2.24) is 10.2 Å². The average molecular weight is 383 g/mol. The molecule has 0 bridgehead atoms. The Bertz CT molecular complexity index is 717. The second kappa shape index (κ2) is 8.26. The maximum absolute atomic E-state index is 13.6. The molecule has 4 rings (SSSR count). The highest BCUT2D eigenvalue weighted by Gasteiger charge is 2.49. The van der Waals surface area contributed by atoms with Gasteiger partial charge in [-0.25, -0.2) is 0 Å². The van der Waals surface area contributed by atoms with Crippen LogP contribution in [0.25, 0.3) is 0 Å². The minimum absolute atomic E-state index is 0.0477. The number of amides is 2. The second-order valence-electron chi connectivity index (χ2n) is 9.24. The molecule has 0 radical (unpaired) electrons. The lowest BCUT2D eigenvalue weighted by molar-refractivity contribution is -0.134. The van der Waals surface area contributed by atoms with E-state index in [1.807, 2.05) is 36.1 Å². The van der Waals surface area contributed by atoms with E-state index in [1.54, 1.807) is 0 Å². The molecule has 3 aliphatic rings. The van der Waals surface area contributed by atoms with Gasteiger partial charge in [0.2, 0.25) is 5.91 Å². The largest absolute Gasteiger partial charge is 0.351 e. The van der Waals surface area contributed by atoms with Crippen LogP contribution >= 0.6 is 0 Å². The van der Waals surface area contributed by atoms with Crippen LogP contribution < -0.4 is 5.32 Å². The zero-order valence-corrected chi connectivity index (χ0v) is 17.2. The number of benzene rings is 1. The third-order valence-electron chi connectivity index (χ3n) is 7.15. The summed E-state index contributed by atoms with van der Waals surface area (Å²) >= 11 is 0. The Labute approximate surface area is 169 Å². The van der Waals surface area contributed by atoms with Gasteiger partial charge in [0.25, 0.3) is 5.91 Å². The van der Waals surface area contributed by atoms with Gasteiger partial charge in [0.15, 0.2) is 0 Å². The Morgan fingerprint density at radius 2 is 1.57 bits per heavy atom. The summed E-state index contributed by atoms with van der Waals surface area (Å²) in [4.78, 5) is 29.1. The van der Waals surface area contributed by atoms with E-state index in [-0.39, 0.29) is 23.9 Å². The lowest BCUT2D eigenvalue weighted by Gasteiger charge is -2.48. The van der Waals surface area contributed by atoms with Crippen LogP contribution in [0.5, 0.6) is 0 Å². The van der Waals surface area contributed by atoms with E-state index in [2.05, 4.69) is 5.32 Å². The number of hydrogen-bond acceptors (Lipinski definition) is 2. The number of carbonyl (C=O) groups is 2. The van der Waals surface area contributed by atoms with Crippen LogP contribution in [0.15, 0.2) is 24.3 Å². The Morgan fingerprint density at radius 3 is 2.29 bits per heavy atom. The first-order valence-corrected chi connectivity index (χ1v) is 11.3. The Hall–Kier alpha value is -1.84. The van der Waals surface area contributed by atoms with E-state index in [9.17, 15) is 9.59 Å². The molecule has 0 saturated heterocycles. The number of carbonyl (C=O) groups excluding carboxylic acids is 2. The molecule has 1 unspecified atom stereocenters. The molecule has 152 valence electrons. The predicted molar refractivity (Wildman–Crippen MR) is 111 cm³/mol. The van der Waals surface area contributed by atoms with Gasteiger partial charge < -0.3 is 10.2 Å². The number of hydrogen-bond donors (Lipinski definition) is 1. The number of fused-ring (bicyclic) bond motifs is 1. The normalized spacial score (nSPS) is 27.2. The lowest BCUT2D eigenvalue weighted by Crippen LogP contribution is -2.66. The molecule has 0 spiro atoms. The molecule has 1 aliphatic heterocycles. The summed E-state index contributed by atoms with van der Waals surface area (Å²) in [6, 6.07) is 8.30. The minimum atomic E-state index is -0.794. The SMILES string of the molecule is CC1(C(=O)NC2CCCCC2)Cc2ccccc2C(=O)N1C1CCCCCC1. The van der Waals surface area contributed by atoms with Gasteiger partial charge in [-0.05, 0) is 44.2 Å². The van der Waals surface area contributed by atoms with Crippen molar-refractivity contribution in [1.29, 1.82) is 0 Å². The monoisotopic (exact) mass is 382 g/mol. The molecule has 2 amide bonds. The molecule has 1 aromatic carbocycles. The molecule has 0 aromatic heterocycles. The number of rotatable bonds is 3. The van der Waals surface area contributed by atoms with Gasteiger partial charge in [0, 0.05) is 24.1 Å². The van der Waals surface area contributed by atoms with Crippen molar-refractivity contribution in [3.05, 3.63) is 35.4 Å². The van der Waals surface area contributed by atoms with Gasteiger partial charge >= 0.3 is 0 Å². The standard InChI is InChI=1S/C24H34N2O2/c1-24(23(28)25-19-12-5-4-6-13-19)17-18-11-9-10-16-21(18)22(27)26(24)20-14-7-2-3-8-15-20/h9-11,16,19-20H,2-8,12-15,17H2,1H3,(H,25,28). The number of nitrogens with one attached hydrogen (secondary N) is 1. The lowest BCUT2D eigenvalue weighted by atomic mass is 9.80. The Morgan fingerprint density at radius 1 is 0.964 bits per heavy atom. The van der Waals surface area contributed by atoms with Crippen molar-refractivity contribution >= 4 is 11.8 Å². The van der Waals surface area contributed by atoms with Gasteiger partial charge in [0.05, 0.1) is 0 Å². The van der Waals surface area contributed by atoms with E-state index in [4.69, 9.17) is 0 Å². The Kier molecular flexibility index (Phi) is 5.75. The van der Waals surface area contributed by atoms with Gasteiger partial charge in [-0.2, -0.15) is 0 Å². The molecule has 1 heterocycles. The molecule has 1 atom stereocenters. The van der Waals surface area contributed by atoms with E-state index in [0.717, 1.165) is 49.7 Å². The van der Waals surface area contributed by atoms with Crippen LogP contribution in [0.4, 0.5) is 0 Å². The summed E-state index contributed by atoms with van der Waals surface area (Å²) in [6.07, 6.45) is 13.2. The summed E-state index contributed by atoms with van der Waals surface area (Å²) in [5.74, 6) is 0.0987. The molecule has 2 fully saturated rings. The van der Waals surface area contributed by atoms with E-state index >= 15 is 0 Å². The Balaban J connectivity index is 1.66.